The molecule has 9 N–H and O–H groups in total. The van der Waals surface area contributed by atoms with Gasteiger partial charge in [-0.25, -0.2) is 4.98 Å². The van der Waals surface area contributed by atoms with Gasteiger partial charge >= 0.3 is 0 Å². The summed E-state index contributed by atoms with van der Waals surface area (Å²) in [4.78, 5) is 66.7. The number of pyridine rings is 1. The number of aromatic nitrogens is 2. The summed E-state index contributed by atoms with van der Waals surface area (Å²) in [6, 6.07) is 20.9. The monoisotopic (exact) mass is 866 g/mol. The van der Waals surface area contributed by atoms with Crippen LogP contribution in [-0.2, 0) is 33.9 Å². The van der Waals surface area contributed by atoms with Crippen molar-refractivity contribution in [2.24, 2.45) is 17.4 Å². The number of nitrogens with one attached hydrogen (secondary N) is 4. The van der Waals surface area contributed by atoms with Crippen LogP contribution in [0.2, 0.25) is 5.02 Å². The van der Waals surface area contributed by atoms with E-state index in [2.05, 4.69) is 20.9 Å². The molecule has 6 rings (SSSR count). The quantitative estimate of drug-likeness (QED) is 0.0755. The minimum absolute atomic E-state index is 0.00164. The summed E-state index contributed by atoms with van der Waals surface area (Å²) in [5.41, 5.74) is 17.1. The molecule has 0 saturated carbocycles. The fraction of sp³-hybridized carbons (Fsp3) is 0.370. The van der Waals surface area contributed by atoms with Crippen molar-refractivity contribution in [1.29, 1.82) is 0 Å². The number of H-pyrrole nitrogens is 1. The molecule has 0 spiro atoms. The SMILES string of the molecule is CN1C(=O)[C@H](CCCCN)CC(=O)[C@H](CCCN)NCc2cccnc2Sc2c(Cl)ccc(-c3ccc(C(=O)NCCO)cc3)c2CNC(=O)[C@@H]1Cc1c[nH]c2ccccc12. The second-order valence-electron chi connectivity index (χ2n) is 15.3. The number of hydrogen-bond donors (Lipinski definition) is 7. The fourth-order valence-electron chi connectivity index (χ4n) is 7.79. The van der Waals surface area contributed by atoms with Crippen LogP contribution < -0.4 is 27.4 Å². The highest BCUT2D eigenvalue weighted by atomic mass is 35.5. The number of likely N-dealkylation sites (N-methyl/N-ethyl adjacent to an activating group) is 1. The van der Waals surface area contributed by atoms with Crippen LogP contribution in [0.25, 0.3) is 22.0 Å². The van der Waals surface area contributed by atoms with Gasteiger partial charge in [0.25, 0.3) is 5.91 Å². The van der Waals surface area contributed by atoms with Gasteiger partial charge in [-0.1, -0.05) is 72.2 Å². The van der Waals surface area contributed by atoms with Gasteiger partial charge in [0.15, 0.2) is 5.78 Å². The summed E-state index contributed by atoms with van der Waals surface area (Å²) in [5, 5.41) is 20.6. The van der Waals surface area contributed by atoms with Crippen molar-refractivity contribution >= 4 is 57.8 Å². The lowest BCUT2D eigenvalue weighted by Gasteiger charge is -2.31. The van der Waals surface area contributed by atoms with Crippen LogP contribution in [0.1, 0.15) is 65.6 Å². The van der Waals surface area contributed by atoms with E-state index < -0.39 is 18.0 Å². The molecule has 0 saturated heterocycles. The standard InChI is InChI=1S/C46H55ClN8O5S/c1-55-40(24-33-27-52-38-11-3-2-10-35(33)38)44(59)54-28-36-34(29-13-15-30(16-14-29)43(58)50-22-23-56)17-18-37(47)42(36)61-45-32(9-7-21-51-45)26-53-39(12-6-20-49)41(57)25-31(46(55)60)8-4-5-19-48/h2-3,7,9-11,13-18,21,27,31,39-40,52-53,56H,4-6,8,12,19-20,22-26,28,48-49H2,1H3,(H,50,58)(H,54,59)/t31-,39+,40+/m1/s1. The summed E-state index contributed by atoms with van der Waals surface area (Å²) in [6.07, 6.45) is 6.67. The highest BCUT2D eigenvalue weighted by molar-refractivity contribution is 7.99. The summed E-state index contributed by atoms with van der Waals surface area (Å²) in [6.45, 7) is 1.19. The van der Waals surface area contributed by atoms with Gasteiger partial charge in [-0.3, -0.25) is 19.2 Å². The predicted octanol–water partition coefficient (Wildman–Crippen LogP) is 5.36. The van der Waals surface area contributed by atoms with Gasteiger partial charge in [0, 0.05) is 79.2 Å². The summed E-state index contributed by atoms with van der Waals surface area (Å²) < 4.78 is 0. The number of benzene rings is 3. The first kappa shape index (κ1) is 45.4. The van der Waals surface area contributed by atoms with E-state index in [-0.39, 0.29) is 56.0 Å². The molecule has 2 aromatic heterocycles. The number of fused-ring (bicyclic) bond motifs is 3. The van der Waals surface area contributed by atoms with Crippen molar-refractivity contribution < 1.29 is 24.3 Å². The Balaban J connectivity index is 1.46. The predicted molar refractivity (Wildman–Crippen MR) is 240 cm³/mol. The maximum absolute atomic E-state index is 14.8. The Morgan fingerprint density at radius 3 is 2.52 bits per heavy atom. The zero-order chi connectivity index (χ0) is 43.3. The van der Waals surface area contributed by atoms with Crippen molar-refractivity contribution in [3.8, 4) is 11.1 Å². The number of ketones is 1. The molecule has 3 atom stereocenters. The molecule has 322 valence electrons. The number of hydrogen-bond acceptors (Lipinski definition) is 10. The number of carbonyl (C=O) groups is 4. The number of nitrogens with two attached hydrogens (primary N) is 2. The Morgan fingerprint density at radius 2 is 1.75 bits per heavy atom. The number of halogens is 1. The van der Waals surface area contributed by atoms with E-state index in [1.807, 2.05) is 60.8 Å². The van der Waals surface area contributed by atoms with Crippen molar-refractivity contribution in [2.45, 2.75) is 80.0 Å². The topological polar surface area (TPSA) is 209 Å². The van der Waals surface area contributed by atoms with Crippen molar-refractivity contribution in [3.05, 3.63) is 112 Å². The lowest BCUT2D eigenvalue weighted by atomic mass is 9.90. The van der Waals surface area contributed by atoms with Crippen LogP contribution in [0.5, 0.6) is 0 Å². The Kier molecular flexibility index (Phi) is 16.5. The fourth-order valence-corrected chi connectivity index (χ4v) is 9.13. The second-order valence-corrected chi connectivity index (χ2v) is 16.7. The van der Waals surface area contributed by atoms with Crippen molar-refractivity contribution in [3.63, 3.8) is 0 Å². The molecule has 0 radical (unpaired) electrons. The first-order chi connectivity index (χ1) is 29.6. The van der Waals surface area contributed by atoms with Crippen LogP contribution in [0.4, 0.5) is 0 Å². The molecule has 0 fully saturated rings. The number of aliphatic hydroxyl groups excluding tert-OH is 1. The van der Waals surface area contributed by atoms with Crippen molar-refractivity contribution in [1.82, 2.24) is 30.8 Å². The smallest absolute Gasteiger partial charge is 0.251 e. The largest absolute Gasteiger partial charge is 0.395 e. The Bertz CT molecular complexity index is 2300. The normalized spacial score (nSPS) is 18.0. The third-order valence-electron chi connectivity index (χ3n) is 11.2. The number of rotatable bonds is 13. The summed E-state index contributed by atoms with van der Waals surface area (Å²) in [5.74, 6) is -1.75. The van der Waals surface area contributed by atoms with Gasteiger partial charge < -0.3 is 42.4 Å². The Hall–Kier alpha value is -5.09. The van der Waals surface area contributed by atoms with E-state index in [0.717, 1.165) is 33.2 Å². The van der Waals surface area contributed by atoms with Gasteiger partial charge in [-0.2, -0.15) is 0 Å². The number of amides is 3. The van der Waals surface area contributed by atoms with Crippen LogP contribution in [-0.4, -0.2) is 88.9 Å². The van der Waals surface area contributed by atoms with Crippen molar-refractivity contribution in [2.75, 3.05) is 33.3 Å². The van der Waals surface area contributed by atoms with Crippen LogP contribution in [0.3, 0.4) is 0 Å². The molecular formula is C46H55ClN8O5S. The van der Waals surface area contributed by atoms with E-state index >= 15 is 0 Å². The average Bonchev–Trinajstić information content (AvgIpc) is 3.69. The molecule has 3 aromatic carbocycles. The van der Waals surface area contributed by atoms with Crippen LogP contribution in [0.15, 0.2) is 95.1 Å². The number of nitrogens with zero attached hydrogens (tertiary/aromatic N) is 2. The molecule has 61 heavy (non-hydrogen) atoms. The highest BCUT2D eigenvalue weighted by Gasteiger charge is 2.34. The zero-order valence-electron chi connectivity index (χ0n) is 34.4. The molecule has 15 heteroatoms. The molecule has 1 aliphatic heterocycles. The maximum Gasteiger partial charge on any atom is 0.251 e. The molecule has 0 unspecified atom stereocenters. The lowest BCUT2D eigenvalue weighted by molar-refractivity contribution is -0.143. The molecule has 0 bridgehead atoms. The number of unbranched alkanes of at least 4 members (excludes halogenated alkanes) is 1. The molecule has 3 amide bonds. The summed E-state index contributed by atoms with van der Waals surface area (Å²) >= 11 is 8.43. The first-order valence-corrected chi connectivity index (χ1v) is 22.0. The molecule has 5 aromatic rings. The Morgan fingerprint density at radius 1 is 0.967 bits per heavy atom. The van der Waals surface area contributed by atoms with Crippen LogP contribution in [0, 0.1) is 5.92 Å². The van der Waals surface area contributed by atoms with E-state index in [4.69, 9.17) is 28.1 Å². The zero-order valence-corrected chi connectivity index (χ0v) is 36.0. The van der Waals surface area contributed by atoms with Gasteiger partial charge in [0.1, 0.15) is 11.1 Å². The molecular weight excluding hydrogens is 812 g/mol. The number of carbonyl (C=O) groups excluding carboxylic acids is 4. The minimum Gasteiger partial charge on any atom is -0.395 e. The van der Waals surface area contributed by atoms with E-state index in [0.29, 0.717) is 77.8 Å². The van der Waals surface area contributed by atoms with E-state index in [1.54, 1.807) is 31.4 Å². The third kappa shape index (κ3) is 11.4. The Labute approximate surface area is 365 Å². The number of Topliss-reactive ketones (excluding diaryl/α,β-unsaturated/α-hetero) is 1. The first-order valence-electron chi connectivity index (χ1n) is 20.8. The minimum atomic E-state index is -0.946. The molecule has 3 heterocycles. The highest BCUT2D eigenvalue weighted by Crippen LogP contribution is 2.41. The third-order valence-corrected chi connectivity index (χ3v) is 12.8. The lowest BCUT2D eigenvalue weighted by Crippen LogP contribution is -2.51. The van der Waals surface area contributed by atoms with Gasteiger partial charge in [0.05, 0.1) is 17.7 Å². The van der Waals surface area contributed by atoms with E-state index in [1.165, 1.54) is 16.7 Å². The average molecular weight is 868 g/mol. The molecule has 13 nitrogen and oxygen atoms in total. The summed E-state index contributed by atoms with van der Waals surface area (Å²) in [7, 11) is 1.65. The molecule has 1 aliphatic rings. The van der Waals surface area contributed by atoms with Gasteiger partial charge in [-0.05, 0) is 96.9 Å². The number of aromatic amines is 1. The number of aliphatic hydroxyl groups is 1. The van der Waals surface area contributed by atoms with Crippen LogP contribution >= 0.6 is 23.4 Å². The maximum atomic E-state index is 14.8. The van der Waals surface area contributed by atoms with E-state index in [9.17, 15) is 24.3 Å². The molecule has 0 aliphatic carbocycles. The number of para-hydroxylation sites is 1. The van der Waals surface area contributed by atoms with Gasteiger partial charge in [-0.15, -0.1) is 0 Å². The van der Waals surface area contributed by atoms with Gasteiger partial charge in [0.2, 0.25) is 11.8 Å². The second kappa shape index (κ2) is 22.1.